The summed E-state index contributed by atoms with van der Waals surface area (Å²) in [6, 6.07) is 0.472. The molecule has 4 rings (SSSR count). The van der Waals surface area contributed by atoms with Crippen LogP contribution in [0.25, 0.3) is 0 Å². The minimum Gasteiger partial charge on any atom is -0.370 e. The first-order valence-electron chi connectivity index (χ1n) is 7.71. The lowest BCUT2D eigenvalue weighted by atomic mass is 9.98. The predicted octanol–water partition coefficient (Wildman–Crippen LogP) is 2.48. The topological polar surface area (TPSA) is 36.2 Å². The van der Waals surface area contributed by atoms with Crippen molar-refractivity contribution in [1.82, 2.24) is 9.13 Å². The van der Waals surface area contributed by atoms with Gasteiger partial charge in [-0.05, 0) is 38.5 Å². The Balaban J connectivity index is 1.46. The van der Waals surface area contributed by atoms with Crippen molar-refractivity contribution in [3.63, 3.8) is 0 Å². The van der Waals surface area contributed by atoms with E-state index in [1.54, 1.807) is 0 Å². The van der Waals surface area contributed by atoms with Crippen molar-refractivity contribution in [2.24, 2.45) is 0 Å². The number of rotatable bonds is 3. The lowest BCUT2D eigenvalue weighted by molar-refractivity contribution is -0.0421. The summed E-state index contributed by atoms with van der Waals surface area (Å²) >= 11 is 0. The van der Waals surface area contributed by atoms with Crippen LogP contribution in [0.5, 0.6) is 0 Å². The van der Waals surface area contributed by atoms with Gasteiger partial charge in [-0.1, -0.05) is 12.8 Å². The number of nitrogens with zero attached hydrogens (tertiary/aromatic N) is 2. The molecule has 1 spiro atoms. The Morgan fingerprint density at radius 3 is 2.68 bits per heavy atom. The molecule has 0 N–H and O–H groups in total. The van der Waals surface area contributed by atoms with E-state index in [1.165, 1.54) is 32.1 Å². The molecule has 1 atom stereocenters. The molecule has 0 radical (unpaired) electrons. The molecule has 3 aliphatic rings. The molecule has 19 heavy (non-hydrogen) atoms. The Kier molecular flexibility index (Phi) is 2.62. The van der Waals surface area contributed by atoms with Gasteiger partial charge in [-0.25, -0.2) is 4.79 Å². The van der Waals surface area contributed by atoms with Gasteiger partial charge in [0.05, 0.1) is 18.2 Å². The molecule has 4 nitrogen and oxygen atoms in total. The van der Waals surface area contributed by atoms with Crippen molar-refractivity contribution in [2.45, 2.75) is 75.7 Å². The Morgan fingerprint density at radius 1 is 1.16 bits per heavy atom. The SMILES string of the molecule is O=c1n(CC2CCC3(CCCC3)O2)ccn1C1CC1. The van der Waals surface area contributed by atoms with Gasteiger partial charge in [0.2, 0.25) is 0 Å². The van der Waals surface area contributed by atoms with Gasteiger partial charge in [-0.15, -0.1) is 0 Å². The smallest absolute Gasteiger partial charge is 0.328 e. The molecule has 2 saturated carbocycles. The Hall–Kier alpha value is -1.03. The highest BCUT2D eigenvalue weighted by Crippen LogP contribution is 2.43. The van der Waals surface area contributed by atoms with Gasteiger partial charge in [-0.3, -0.25) is 9.13 Å². The average molecular weight is 262 g/mol. The molecule has 0 bridgehead atoms. The minimum absolute atomic E-state index is 0.151. The molecule has 104 valence electrons. The molecular formula is C15H22N2O2. The first-order valence-corrected chi connectivity index (χ1v) is 7.71. The zero-order valence-electron chi connectivity index (χ0n) is 11.4. The van der Waals surface area contributed by atoms with E-state index in [1.807, 2.05) is 21.5 Å². The number of aromatic nitrogens is 2. The van der Waals surface area contributed by atoms with Gasteiger partial charge in [0.1, 0.15) is 0 Å². The fraction of sp³-hybridized carbons (Fsp3) is 0.800. The largest absolute Gasteiger partial charge is 0.370 e. The lowest BCUT2D eigenvalue weighted by Crippen LogP contribution is -2.30. The number of hydrogen-bond acceptors (Lipinski definition) is 2. The average Bonchev–Trinajstić information content (AvgIpc) is 2.86. The van der Waals surface area contributed by atoms with Crippen LogP contribution in [-0.4, -0.2) is 20.8 Å². The zero-order valence-corrected chi connectivity index (χ0v) is 11.4. The maximum Gasteiger partial charge on any atom is 0.328 e. The van der Waals surface area contributed by atoms with E-state index < -0.39 is 0 Å². The van der Waals surface area contributed by atoms with Crippen molar-refractivity contribution < 1.29 is 4.74 Å². The fourth-order valence-corrected chi connectivity index (χ4v) is 3.83. The molecule has 0 aromatic carbocycles. The van der Waals surface area contributed by atoms with Gasteiger partial charge >= 0.3 is 5.69 Å². The summed E-state index contributed by atoms with van der Waals surface area (Å²) in [5.74, 6) is 0. The molecule has 2 heterocycles. The van der Waals surface area contributed by atoms with Crippen molar-refractivity contribution in [2.75, 3.05) is 0 Å². The van der Waals surface area contributed by atoms with Gasteiger partial charge < -0.3 is 4.74 Å². The van der Waals surface area contributed by atoms with E-state index in [0.717, 1.165) is 25.8 Å². The van der Waals surface area contributed by atoms with E-state index in [9.17, 15) is 4.79 Å². The van der Waals surface area contributed by atoms with Gasteiger partial charge in [0.15, 0.2) is 0 Å². The van der Waals surface area contributed by atoms with Crippen molar-refractivity contribution in [1.29, 1.82) is 0 Å². The van der Waals surface area contributed by atoms with Gasteiger partial charge in [-0.2, -0.15) is 0 Å². The molecule has 1 aromatic heterocycles. The van der Waals surface area contributed by atoms with Crippen LogP contribution < -0.4 is 5.69 Å². The van der Waals surface area contributed by atoms with E-state index in [2.05, 4.69) is 0 Å². The molecule has 0 amide bonds. The molecule has 1 aliphatic heterocycles. The quantitative estimate of drug-likeness (QED) is 0.839. The lowest BCUT2D eigenvalue weighted by Gasteiger charge is -2.23. The summed E-state index contributed by atoms with van der Waals surface area (Å²) in [5, 5.41) is 0. The molecule has 3 fully saturated rings. The number of hydrogen-bond donors (Lipinski definition) is 0. The maximum absolute atomic E-state index is 12.2. The first-order chi connectivity index (χ1) is 9.26. The Labute approximate surface area is 113 Å². The van der Waals surface area contributed by atoms with Crippen LogP contribution in [0.2, 0.25) is 0 Å². The third-order valence-corrected chi connectivity index (χ3v) is 5.07. The van der Waals surface area contributed by atoms with Gasteiger partial charge in [0, 0.05) is 18.4 Å². The van der Waals surface area contributed by atoms with Crippen molar-refractivity contribution in [3.8, 4) is 0 Å². The normalized spacial score (nSPS) is 29.4. The highest BCUT2D eigenvalue weighted by Gasteiger charge is 2.42. The highest BCUT2D eigenvalue weighted by molar-refractivity contribution is 4.95. The second kappa shape index (κ2) is 4.23. The Morgan fingerprint density at radius 2 is 1.95 bits per heavy atom. The van der Waals surface area contributed by atoms with Crippen LogP contribution >= 0.6 is 0 Å². The van der Waals surface area contributed by atoms with Crippen molar-refractivity contribution >= 4 is 0 Å². The van der Waals surface area contributed by atoms with Crippen LogP contribution in [0.3, 0.4) is 0 Å². The zero-order chi connectivity index (χ0) is 12.9. The van der Waals surface area contributed by atoms with Crippen LogP contribution in [0.1, 0.15) is 57.4 Å². The number of imidazole rings is 1. The van der Waals surface area contributed by atoms with Crippen molar-refractivity contribution in [3.05, 3.63) is 22.9 Å². The number of ether oxygens (including phenoxy) is 1. The summed E-state index contributed by atoms with van der Waals surface area (Å²) in [6.45, 7) is 0.736. The van der Waals surface area contributed by atoms with Crippen LogP contribution in [0.15, 0.2) is 17.2 Å². The first kappa shape index (κ1) is 11.8. The summed E-state index contributed by atoms with van der Waals surface area (Å²) in [6.07, 6.45) is 13.8. The van der Waals surface area contributed by atoms with E-state index in [4.69, 9.17) is 4.74 Å². The van der Waals surface area contributed by atoms with E-state index >= 15 is 0 Å². The molecular weight excluding hydrogens is 240 g/mol. The fourth-order valence-electron chi connectivity index (χ4n) is 3.83. The standard InChI is InChI=1S/C15H22N2O2/c18-14-16(9-10-17(14)12-3-4-12)11-13-5-8-15(19-13)6-1-2-7-15/h9-10,12-13H,1-8,11H2. The van der Waals surface area contributed by atoms with Gasteiger partial charge in [0.25, 0.3) is 0 Å². The molecule has 1 unspecified atom stereocenters. The molecule has 2 aliphatic carbocycles. The maximum atomic E-state index is 12.2. The Bertz CT molecular complexity index is 520. The highest BCUT2D eigenvalue weighted by atomic mass is 16.5. The summed E-state index contributed by atoms with van der Waals surface area (Å²) in [5.41, 5.74) is 0.325. The monoisotopic (exact) mass is 262 g/mol. The van der Waals surface area contributed by atoms with E-state index in [0.29, 0.717) is 6.04 Å². The van der Waals surface area contributed by atoms with Crippen LogP contribution in [0, 0.1) is 0 Å². The summed E-state index contributed by atoms with van der Waals surface area (Å²) < 4.78 is 10.0. The summed E-state index contributed by atoms with van der Waals surface area (Å²) in [7, 11) is 0. The minimum atomic E-state index is 0.151. The second-order valence-electron chi connectivity index (χ2n) is 6.54. The molecule has 1 saturated heterocycles. The molecule has 1 aromatic rings. The predicted molar refractivity (Wildman–Crippen MR) is 72.3 cm³/mol. The van der Waals surface area contributed by atoms with Crippen LogP contribution in [-0.2, 0) is 11.3 Å². The third-order valence-electron chi connectivity index (χ3n) is 5.07. The third kappa shape index (κ3) is 2.06. The van der Waals surface area contributed by atoms with Crippen LogP contribution in [0.4, 0.5) is 0 Å². The second-order valence-corrected chi connectivity index (χ2v) is 6.54. The van der Waals surface area contributed by atoms with E-state index in [-0.39, 0.29) is 17.4 Å². The summed E-state index contributed by atoms with van der Waals surface area (Å²) in [4.78, 5) is 12.2. The molecule has 4 heteroatoms.